The first-order valence-corrected chi connectivity index (χ1v) is 9.91. The van der Waals surface area contributed by atoms with E-state index < -0.39 is 29.1 Å². The van der Waals surface area contributed by atoms with Crippen molar-refractivity contribution in [1.82, 2.24) is 14.9 Å². The second-order valence-electron chi connectivity index (χ2n) is 6.98. The number of carbonyl (C=O) groups is 2. The highest BCUT2D eigenvalue weighted by Crippen LogP contribution is 2.24. The summed E-state index contributed by atoms with van der Waals surface area (Å²) in [5.74, 6) is -2.70. The number of anilines is 1. The number of hydrogen-bond donors (Lipinski definition) is 0. The molecule has 2 aromatic carbocycles. The number of ether oxygens (including phenoxy) is 1. The SMILES string of the molecule is CCOC(=O)c1nc2ccccc2nc1N1CCN(C(=O)c2c(F)cccc2F)CC1. The van der Waals surface area contributed by atoms with E-state index in [-0.39, 0.29) is 25.4 Å². The maximum atomic E-state index is 14.0. The molecule has 3 aromatic rings. The second-order valence-corrected chi connectivity index (χ2v) is 6.98. The first-order valence-electron chi connectivity index (χ1n) is 9.91. The largest absolute Gasteiger partial charge is 0.461 e. The number of para-hydroxylation sites is 2. The molecular weight excluding hydrogens is 406 g/mol. The number of rotatable bonds is 4. The van der Waals surface area contributed by atoms with Gasteiger partial charge in [0.25, 0.3) is 5.91 Å². The summed E-state index contributed by atoms with van der Waals surface area (Å²) in [6.45, 7) is 2.97. The van der Waals surface area contributed by atoms with E-state index in [9.17, 15) is 18.4 Å². The Morgan fingerprint density at radius 3 is 2.16 bits per heavy atom. The van der Waals surface area contributed by atoms with Gasteiger partial charge in [0.05, 0.1) is 17.6 Å². The summed E-state index contributed by atoms with van der Waals surface area (Å²) in [6.07, 6.45) is 0. The van der Waals surface area contributed by atoms with Crippen LogP contribution in [0.2, 0.25) is 0 Å². The summed E-state index contributed by atoms with van der Waals surface area (Å²) in [4.78, 5) is 37.4. The molecule has 1 amide bonds. The third-order valence-corrected chi connectivity index (χ3v) is 5.06. The van der Waals surface area contributed by atoms with Gasteiger partial charge in [0.2, 0.25) is 0 Å². The molecule has 0 radical (unpaired) electrons. The molecule has 9 heteroatoms. The number of benzene rings is 2. The predicted molar refractivity (Wildman–Crippen MR) is 110 cm³/mol. The van der Waals surface area contributed by atoms with Gasteiger partial charge in [-0.15, -0.1) is 0 Å². The molecule has 4 rings (SSSR count). The van der Waals surface area contributed by atoms with Crippen LogP contribution in [0.1, 0.15) is 27.8 Å². The molecule has 1 aromatic heterocycles. The Labute approximate surface area is 177 Å². The van der Waals surface area contributed by atoms with Crippen molar-refractivity contribution in [3.05, 3.63) is 65.4 Å². The molecule has 0 N–H and O–H groups in total. The van der Waals surface area contributed by atoms with Crippen LogP contribution in [0, 0.1) is 11.6 Å². The van der Waals surface area contributed by atoms with Gasteiger partial charge in [-0.2, -0.15) is 0 Å². The molecule has 160 valence electrons. The lowest BCUT2D eigenvalue weighted by molar-refractivity contribution is 0.0519. The van der Waals surface area contributed by atoms with Crippen molar-refractivity contribution >= 4 is 28.7 Å². The van der Waals surface area contributed by atoms with Gasteiger partial charge in [0.1, 0.15) is 17.2 Å². The van der Waals surface area contributed by atoms with Crippen molar-refractivity contribution in [2.24, 2.45) is 0 Å². The minimum absolute atomic E-state index is 0.0977. The highest BCUT2D eigenvalue weighted by molar-refractivity contribution is 5.96. The van der Waals surface area contributed by atoms with Crippen LogP contribution >= 0.6 is 0 Å². The molecule has 0 aliphatic carbocycles. The molecule has 31 heavy (non-hydrogen) atoms. The number of aromatic nitrogens is 2. The Morgan fingerprint density at radius 1 is 0.935 bits per heavy atom. The van der Waals surface area contributed by atoms with Crippen molar-refractivity contribution < 1.29 is 23.1 Å². The molecule has 1 saturated heterocycles. The van der Waals surface area contributed by atoms with Crippen LogP contribution in [0.3, 0.4) is 0 Å². The van der Waals surface area contributed by atoms with Gasteiger partial charge in [-0.25, -0.2) is 23.5 Å². The van der Waals surface area contributed by atoms with E-state index in [1.165, 1.54) is 11.0 Å². The van der Waals surface area contributed by atoms with Crippen molar-refractivity contribution in [3.8, 4) is 0 Å². The number of fused-ring (bicyclic) bond motifs is 1. The predicted octanol–water partition coefficient (Wildman–Crippen LogP) is 3.05. The monoisotopic (exact) mass is 426 g/mol. The molecule has 0 saturated carbocycles. The van der Waals surface area contributed by atoms with Crippen molar-refractivity contribution in [3.63, 3.8) is 0 Å². The van der Waals surface area contributed by atoms with E-state index in [1.807, 2.05) is 11.0 Å². The third kappa shape index (κ3) is 4.03. The Kier molecular flexibility index (Phi) is 5.75. The summed E-state index contributed by atoms with van der Waals surface area (Å²) >= 11 is 0. The zero-order valence-electron chi connectivity index (χ0n) is 16.8. The first-order chi connectivity index (χ1) is 15.0. The summed E-state index contributed by atoms with van der Waals surface area (Å²) in [5.41, 5.74) is 0.727. The lowest BCUT2D eigenvalue weighted by Gasteiger charge is -2.36. The summed E-state index contributed by atoms with van der Waals surface area (Å²) in [6, 6.07) is 10.5. The first kappa shape index (κ1) is 20.6. The topological polar surface area (TPSA) is 75.6 Å². The van der Waals surface area contributed by atoms with E-state index in [2.05, 4.69) is 9.97 Å². The van der Waals surface area contributed by atoms with Crippen LogP contribution in [0.15, 0.2) is 42.5 Å². The summed E-state index contributed by atoms with van der Waals surface area (Å²) in [5, 5.41) is 0. The molecular formula is C22H20F2N4O3. The minimum atomic E-state index is -0.891. The van der Waals surface area contributed by atoms with Crippen molar-refractivity contribution in [2.75, 3.05) is 37.7 Å². The fourth-order valence-corrected chi connectivity index (χ4v) is 3.53. The number of carbonyl (C=O) groups excluding carboxylic acids is 2. The van der Waals surface area contributed by atoms with Gasteiger partial charge in [-0.1, -0.05) is 18.2 Å². The molecule has 1 aliphatic rings. The molecule has 1 aliphatic heterocycles. The van der Waals surface area contributed by atoms with E-state index >= 15 is 0 Å². The highest BCUT2D eigenvalue weighted by atomic mass is 19.1. The van der Waals surface area contributed by atoms with E-state index in [0.717, 1.165) is 12.1 Å². The maximum absolute atomic E-state index is 14.0. The molecule has 0 bridgehead atoms. The smallest absolute Gasteiger partial charge is 0.360 e. The molecule has 7 nitrogen and oxygen atoms in total. The second kappa shape index (κ2) is 8.63. The summed E-state index contributed by atoms with van der Waals surface area (Å²) < 4.78 is 33.1. The fourth-order valence-electron chi connectivity index (χ4n) is 3.53. The fraction of sp³-hybridized carbons (Fsp3) is 0.273. The lowest BCUT2D eigenvalue weighted by Crippen LogP contribution is -2.49. The molecule has 2 heterocycles. The Hall–Kier alpha value is -3.62. The molecule has 0 unspecified atom stereocenters. The number of piperazine rings is 1. The van der Waals surface area contributed by atoms with Gasteiger partial charge in [0.15, 0.2) is 11.5 Å². The zero-order valence-corrected chi connectivity index (χ0v) is 16.8. The Balaban J connectivity index is 1.59. The van der Waals surface area contributed by atoms with Gasteiger partial charge >= 0.3 is 5.97 Å². The average Bonchev–Trinajstić information content (AvgIpc) is 2.78. The average molecular weight is 426 g/mol. The Morgan fingerprint density at radius 2 is 1.55 bits per heavy atom. The summed E-state index contributed by atoms with van der Waals surface area (Å²) in [7, 11) is 0. The maximum Gasteiger partial charge on any atom is 0.360 e. The van der Waals surface area contributed by atoms with Crippen LogP contribution in [-0.2, 0) is 4.74 Å². The quantitative estimate of drug-likeness (QED) is 0.597. The van der Waals surface area contributed by atoms with Crippen LogP contribution in [0.5, 0.6) is 0 Å². The zero-order chi connectivity index (χ0) is 22.0. The van der Waals surface area contributed by atoms with Crippen molar-refractivity contribution in [2.45, 2.75) is 6.92 Å². The number of halogens is 2. The highest BCUT2D eigenvalue weighted by Gasteiger charge is 2.29. The van der Waals surface area contributed by atoms with Crippen molar-refractivity contribution in [1.29, 1.82) is 0 Å². The normalized spacial score (nSPS) is 14.0. The van der Waals surface area contributed by atoms with Crippen LogP contribution in [-0.4, -0.2) is 59.5 Å². The molecule has 0 spiro atoms. The molecule has 0 atom stereocenters. The van der Waals surface area contributed by atoms with Crippen LogP contribution < -0.4 is 4.90 Å². The number of hydrogen-bond acceptors (Lipinski definition) is 6. The van der Waals surface area contributed by atoms with E-state index in [1.54, 1.807) is 25.1 Å². The van der Waals surface area contributed by atoms with E-state index in [4.69, 9.17) is 4.74 Å². The third-order valence-electron chi connectivity index (χ3n) is 5.06. The minimum Gasteiger partial charge on any atom is -0.461 e. The Bertz CT molecular complexity index is 1130. The molecule has 1 fully saturated rings. The lowest BCUT2D eigenvalue weighted by atomic mass is 10.1. The number of nitrogens with zero attached hydrogens (tertiary/aromatic N) is 4. The standard InChI is InChI=1S/C22H20F2N4O3/c1-2-31-22(30)19-20(26-17-9-4-3-8-16(17)25-19)27-10-12-28(13-11-27)21(29)18-14(23)6-5-7-15(18)24/h3-9H,2,10-13H2,1H3. The van der Waals surface area contributed by atoms with E-state index in [0.29, 0.717) is 29.9 Å². The van der Waals surface area contributed by atoms with Gasteiger partial charge in [-0.3, -0.25) is 4.79 Å². The number of esters is 1. The van der Waals surface area contributed by atoms with Gasteiger partial charge < -0.3 is 14.5 Å². The van der Waals surface area contributed by atoms with Gasteiger partial charge in [0, 0.05) is 26.2 Å². The van der Waals surface area contributed by atoms with Gasteiger partial charge in [-0.05, 0) is 31.2 Å². The van der Waals surface area contributed by atoms with Crippen LogP contribution in [0.4, 0.5) is 14.6 Å². The van der Waals surface area contributed by atoms with Crippen LogP contribution in [0.25, 0.3) is 11.0 Å². The number of amides is 1.